The van der Waals surface area contributed by atoms with Crippen molar-refractivity contribution in [2.45, 2.75) is 31.3 Å². The van der Waals surface area contributed by atoms with Gasteiger partial charge < -0.3 is 20.5 Å². The Morgan fingerprint density at radius 3 is 2.27 bits per heavy atom. The topological polar surface area (TPSA) is 118 Å². The van der Waals surface area contributed by atoms with Crippen molar-refractivity contribution in [3.05, 3.63) is 76.2 Å². The van der Waals surface area contributed by atoms with E-state index in [2.05, 4.69) is 15.6 Å². The van der Waals surface area contributed by atoms with E-state index >= 15 is 0 Å². The molecule has 2 amide bonds. The highest BCUT2D eigenvalue weighted by Crippen LogP contribution is 2.44. The van der Waals surface area contributed by atoms with Crippen LogP contribution in [0, 0.1) is 0 Å². The van der Waals surface area contributed by atoms with Crippen molar-refractivity contribution in [1.82, 2.24) is 15.6 Å². The largest absolute Gasteiger partial charge is 0.481 e. The number of ether oxygens (including phenoxy) is 1. The SMILES string of the molecule is CC(NC(=O)C(CC(=O)O)NC(=O)OCC1c2ccccc2-c2ccccc21)c1cncs1. The highest BCUT2D eigenvalue weighted by molar-refractivity contribution is 7.09. The van der Waals surface area contributed by atoms with Gasteiger partial charge in [0.1, 0.15) is 12.6 Å². The van der Waals surface area contributed by atoms with Crippen LogP contribution in [0.15, 0.2) is 60.2 Å². The molecule has 2 aromatic carbocycles. The maximum absolute atomic E-state index is 12.6. The monoisotopic (exact) mass is 465 g/mol. The van der Waals surface area contributed by atoms with Crippen molar-refractivity contribution in [3.8, 4) is 11.1 Å². The summed E-state index contributed by atoms with van der Waals surface area (Å²) in [5.74, 6) is -1.95. The molecule has 0 fully saturated rings. The highest BCUT2D eigenvalue weighted by atomic mass is 32.1. The van der Waals surface area contributed by atoms with Crippen LogP contribution >= 0.6 is 11.3 Å². The van der Waals surface area contributed by atoms with Gasteiger partial charge in [-0.2, -0.15) is 0 Å². The van der Waals surface area contributed by atoms with Crippen LogP contribution in [0.5, 0.6) is 0 Å². The average molecular weight is 466 g/mol. The summed E-state index contributed by atoms with van der Waals surface area (Å²) in [6.07, 6.45) is 0.218. The smallest absolute Gasteiger partial charge is 0.407 e. The molecule has 0 spiro atoms. The van der Waals surface area contributed by atoms with Gasteiger partial charge in [-0.25, -0.2) is 4.79 Å². The number of hydrogen-bond donors (Lipinski definition) is 3. The molecule has 0 saturated heterocycles. The number of nitrogens with zero attached hydrogens (tertiary/aromatic N) is 1. The first-order chi connectivity index (χ1) is 15.9. The zero-order valence-electron chi connectivity index (χ0n) is 17.9. The van der Waals surface area contributed by atoms with Crippen LogP contribution in [-0.2, 0) is 14.3 Å². The summed E-state index contributed by atoms with van der Waals surface area (Å²) in [4.78, 5) is 41.2. The van der Waals surface area contributed by atoms with Gasteiger partial charge >= 0.3 is 12.1 Å². The molecule has 1 aromatic heterocycles. The highest BCUT2D eigenvalue weighted by Gasteiger charge is 2.30. The maximum atomic E-state index is 12.6. The minimum Gasteiger partial charge on any atom is -0.481 e. The molecule has 0 bridgehead atoms. The van der Waals surface area contributed by atoms with Crippen molar-refractivity contribution in [1.29, 1.82) is 0 Å². The van der Waals surface area contributed by atoms with Crippen LogP contribution in [0.2, 0.25) is 0 Å². The lowest BCUT2D eigenvalue weighted by molar-refractivity contribution is -0.140. The third-order valence-electron chi connectivity index (χ3n) is 5.57. The quantitative estimate of drug-likeness (QED) is 0.467. The van der Waals surface area contributed by atoms with Gasteiger partial charge in [0, 0.05) is 17.0 Å². The molecule has 8 nitrogen and oxygen atoms in total. The molecule has 2 atom stereocenters. The number of amides is 2. The number of thiazole rings is 1. The Kier molecular flexibility index (Phi) is 6.69. The summed E-state index contributed by atoms with van der Waals surface area (Å²) in [7, 11) is 0. The Bertz CT molecular complexity index is 1120. The number of aliphatic carboxylic acids is 1. The number of alkyl carbamates (subject to hydrolysis) is 1. The number of carboxylic acids is 1. The van der Waals surface area contributed by atoms with E-state index in [4.69, 9.17) is 4.74 Å². The molecular weight excluding hydrogens is 442 g/mol. The summed E-state index contributed by atoms with van der Waals surface area (Å²) < 4.78 is 5.45. The van der Waals surface area contributed by atoms with Crippen molar-refractivity contribution < 1.29 is 24.2 Å². The van der Waals surface area contributed by atoms with E-state index in [1.165, 1.54) is 11.3 Å². The number of rotatable bonds is 8. The third kappa shape index (κ3) is 5.04. The Morgan fingerprint density at radius 1 is 1.06 bits per heavy atom. The van der Waals surface area contributed by atoms with Gasteiger partial charge in [-0.3, -0.25) is 14.6 Å². The number of nitrogens with one attached hydrogen (secondary N) is 2. The molecular formula is C24H23N3O5S. The number of hydrogen-bond acceptors (Lipinski definition) is 6. The summed E-state index contributed by atoms with van der Waals surface area (Å²) in [6, 6.07) is 14.2. The molecule has 9 heteroatoms. The Labute approximate surface area is 194 Å². The predicted octanol–water partition coefficient (Wildman–Crippen LogP) is 3.70. The standard InChI is InChI=1S/C24H23N3O5S/c1-14(21-11-25-13-33-21)26-23(30)20(10-22(28)29)27-24(31)32-12-19-17-8-4-2-6-15(17)16-7-3-5-9-18(16)19/h2-9,11,13-14,19-20H,10,12H2,1H3,(H,26,30)(H,27,31)(H,28,29). The lowest BCUT2D eigenvalue weighted by atomic mass is 9.98. The lowest BCUT2D eigenvalue weighted by Gasteiger charge is -2.20. The van der Waals surface area contributed by atoms with Crippen LogP contribution < -0.4 is 10.6 Å². The number of carboxylic acid groups (broad SMARTS) is 1. The van der Waals surface area contributed by atoms with Crippen molar-refractivity contribution >= 4 is 29.3 Å². The second-order valence-corrected chi connectivity index (χ2v) is 8.67. The van der Waals surface area contributed by atoms with Crippen molar-refractivity contribution in [3.63, 3.8) is 0 Å². The minimum absolute atomic E-state index is 0.0680. The van der Waals surface area contributed by atoms with Gasteiger partial charge in [0.25, 0.3) is 0 Å². The van der Waals surface area contributed by atoms with Crippen LogP contribution in [0.3, 0.4) is 0 Å². The van der Waals surface area contributed by atoms with Crippen LogP contribution in [0.1, 0.15) is 41.3 Å². The van der Waals surface area contributed by atoms with E-state index in [0.29, 0.717) is 0 Å². The van der Waals surface area contributed by atoms with Crippen molar-refractivity contribution in [2.75, 3.05) is 6.61 Å². The van der Waals surface area contributed by atoms with Gasteiger partial charge in [0.2, 0.25) is 5.91 Å². The molecule has 4 rings (SSSR count). The number of benzene rings is 2. The summed E-state index contributed by atoms with van der Waals surface area (Å²) in [5.41, 5.74) is 5.96. The van der Waals surface area contributed by atoms with Gasteiger partial charge in [-0.15, -0.1) is 11.3 Å². The minimum atomic E-state index is -1.27. The predicted molar refractivity (Wildman–Crippen MR) is 123 cm³/mol. The fourth-order valence-corrected chi connectivity index (χ4v) is 4.62. The number of carbonyl (C=O) groups excluding carboxylic acids is 2. The zero-order valence-corrected chi connectivity index (χ0v) is 18.7. The molecule has 0 radical (unpaired) electrons. The number of fused-ring (bicyclic) bond motifs is 3. The molecule has 33 heavy (non-hydrogen) atoms. The van der Waals surface area contributed by atoms with E-state index in [9.17, 15) is 19.5 Å². The molecule has 0 saturated carbocycles. The molecule has 0 aliphatic heterocycles. The molecule has 2 unspecified atom stereocenters. The van der Waals surface area contributed by atoms with Gasteiger partial charge in [0.15, 0.2) is 0 Å². The van der Waals surface area contributed by atoms with Gasteiger partial charge in [-0.1, -0.05) is 48.5 Å². The summed E-state index contributed by atoms with van der Waals surface area (Å²) >= 11 is 1.37. The normalized spacial score (nSPS) is 14.0. The van der Waals surface area contributed by atoms with Crippen molar-refractivity contribution in [2.24, 2.45) is 0 Å². The van der Waals surface area contributed by atoms with Crippen LogP contribution in [0.4, 0.5) is 4.79 Å². The second-order valence-electron chi connectivity index (χ2n) is 7.75. The van der Waals surface area contributed by atoms with E-state index in [0.717, 1.165) is 27.1 Å². The van der Waals surface area contributed by atoms with E-state index in [1.807, 2.05) is 48.5 Å². The first-order valence-corrected chi connectivity index (χ1v) is 11.3. The molecule has 3 aromatic rings. The molecule has 170 valence electrons. The Morgan fingerprint density at radius 2 is 1.70 bits per heavy atom. The van der Waals surface area contributed by atoms with E-state index in [-0.39, 0.29) is 18.6 Å². The molecule has 3 N–H and O–H groups in total. The van der Waals surface area contributed by atoms with Crippen LogP contribution in [0.25, 0.3) is 11.1 Å². The number of carbonyl (C=O) groups is 3. The Hall–Kier alpha value is -3.72. The van der Waals surface area contributed by atoms with E-state index < -0.39 is 30.4 Å². The van der Waals surface area contributed by atoms with Gasteiger partial charge in [0.05, 0.1) is 18.0 Å². The first kappa shape index (κ1) is 22.5. The molecule has 1 aliphatic rings. The average Bonchev–Trinajstić information content (AvgIpc) is 3.44. The molecule has 1 heterocycles. The second kappa shape index (κ2) is 9.83. The fraction of sp³-hybridized carbons (Fsp3) is 0.250. The summed E-state index contributed by atoms with van der Waals surface area (Å²) in [6.45, 7) is 1.83. The lowest BCUT2D eigenvalue weighted by Crippen LogP contribution is -2.48. The van der Waals surface area contributed by atoms with E-state index in [1.54, 1.807) is 18.6 Å². The Balaban J connectivity index is 1.41. The maximum Gasteiger partial charge on any atom is 0.407 e. The fourth-order valence-electron chi connectivity index (χ4n) is 3.99. The first-order valence-electron chi connectivity index (χ1n) is 10.5. The molecule has 1 aliphatic carbocycles. The number of aromatic nitrogens is 1. The summed E-state index contributed by atoms with van der Waals surface area (Å²) in [5, 5.41) is 14.3. The third-order valence-corrected chi connectivity index (χ3v) is 6.53. The van der Waals surface area contributed by atoms with Crippen LogP contribution in [-0.4, -0.2) is 40.7 Å². The van der Waals surface area contributed by atoms with Gasteiger partial charge in [-0.05, 0) is 29.2 Å². The zero-order chi connectivity index (χ0) is 23.4.